The monoisotopic (exact) mass is 274 g/mol. The predicted molar refractivity (Wildman–Crippen MR) is 75.3 cm³/mol. The third kappa shape index (κ3) is 3.58. The fourth-order valence-electron chi connectivity index (χ4n) is 1.95. The summed E-state index contributed by atoms with van der Waals surface area (Å²) in [6.45, 7) is 1.73. The van der Waals surface area contributed by atoms with Crippen LogP contribution in [0.15, 0.2) is 42.2 Å². The van der Waals surface area contributed by atoms with E-state index >= 15 is 0 Å². The Balaban J connectivity index is 2.04. The Morgan fingerprint density at radius 3 is 2.80 bits per heavy atom. The van der Waals surface area contributed by atoms with E-state index < -0.39 is 17.2 Å². The van der Waals surface area contributed by atoms with Gasteiger partial charge in [0.05, 0.1) is 11.0 Å². The molecule has 0 aliphatic carbocycles. The minimum Gasteiger partial charge on any atom is -0.393 e. The summed E-state index contributed by atoms with van der Waals surface area (Å²) in [4.78, 5) is 10.5. The van der Waals surface area contributed by atoms with Crippen LogP contribution in [0.25, 0.3) is 0 Å². The molecule has 2 rings (SSSR count). The lowest BCUT2D eigenvalue weighted by Gasteiger charge is -2.19. The average Bonchev–Trinajstić information content (AvgIpc) is 2.41. The van der Waals surface area contributed by atoms with E-state index in [1.165, 1.54) is 12.3 Å². The largest absolute Gasteiger partial charge is 0.393 e. The number of hydrogen-bond acceptors (Lipinski definition) is 5. The van der Waals surface area contributed by atoms with Crippen molar-refractivity contribution >= 4 is 5.69 Å². The van der Waals surface area contributed by atoms with E-state index in [1.54, 1.807) is 6.92 Å². The molecular formula is C14H16N3O3. The van der Waals surface area contributed by atoms with E-state index in [9.17, 15) is 15.2 Å². The minimum absolute atomic E-state index is 0.0144. The van der Waals surface area contributed by atoms with Crippen LogP contribution >= 0.6 is 0 Å². The van der Waals surface area contributed by atoms with Crippen molar-refractivity contribution in [3.8, 4) is 0 Å². The number of anilines is 1. The summed E-state index contributed by atoms with van der Waals surface area (Å²) in [6, 6.07) is 7.43. The highest BCUT2D eigenvalue weighted by molar-refractivity contribution is 5.47. The predicted octanol–water partition coefficient (Wildman–Crippen LogP) is 1.43. The Bertz CT molecular complexity index is 535. The number of aliphatic hydroxyl groups excluding tert-OH is 1. The average molecular weight is 274 g/mol. The molecule has 2 unspecified atom stereocenters. The van der Waals surface area contributed by atoms with Gasteiger partial charge >= 0.3 is 0 Å². The van der Waals surface area contributed by atoms with Crippen LogP contribution in [0.1, 0.15) is 12.5 Å². The van der Waals surface area contributed by atoms with Crippen LogP contribution < -0.4 is 10.6 Å². The van der Waals surface area contributed by atoms with E-state index in [4.69, 9.17) is 0 Å². The number of aliphatic hydroxyl groups is 1. The maximum Gasteiger partial charge on any atom is 0.289 e. The summed E-state index contributed by atoms with van der Waals surface area (Å²) in [7, 11) is 0. The molecule has 0 saturated carbocycles. The van der Waals surface area contributed by atoms with Crippen molar-refractivity contribution in [2.24, 2.45) is 0 Å². The summed E-state index contributed by atoms with van der Waals surface area (Å²) >= 11 is 0. The molecule has 6 heteroatoms. The van der Waals surface area contributed by atoms with Crippen molar-refractivity contribution < 1.29 is 10.0 Å². The fraction of sp³-hybridized carbons (Fsp3) is 0.286. The first-order chi connectivity index (χ1) is 9.56. The van der Waals surface area contributed by atoms with Crippen molar-refractivity contribution in [1.82, 2.24) is 5.32 Å². The molecule has 1 heterocycles. The summed E-state index contributed by atoms with van der Waals surface area (Å²) in [6.07, 6.45) is 5.14. The lowest BCUT2D eigenvalue weighted by Crippen LogP contribution is -2.38. The Morgan fingerprint density at radius 2 is 2.20 bits per heavy atom. The second kappa shape index (κ2) is 6.21. The van der Waals surface area contributed by atoms with Gasteiger partial charge in [-0.05, 0) is 31.0 Å². The van der Waals surface area contributed by atoms with E-state index in [0.29, 0.717) is 6.42 Å². The molecule has 0 spiro atoms. The van der Waals surface area contributed by atoms with E-state index in [-0.39, 0.29) is 5.70 Å². The molecule has 2 atom stereocenters. The number of benzene rings is 1. The number of nitro groups is 1. The zero-order valence-corrected chi connectivity index (χ0v) is 11.0. The maximum atomic E-state index is 10.9. The van der Waals surface area contributed by atoms with E-state index in [2.05, 4.69) is 16.7 Å². The quantitative estimate of drug-likeness (QED) is 0.558. The van der Waals surface area contributed by atoms with Crippen LogP contribution in [0.2, 0.25) is 0 Å². The molecule has 1 aliphatic rings. The van der Waals surface area contributed by atoms with Crippen LogP contribution in [0.4, 0.5) is 5.69 Å². The highest BCUT2D eigenvalue weighted by Gasteiger charge is 2.24. The van der Waals surface area contributed by atoms with Crippen molar-refractivity contribution in [2.75, 3.05) is 5.32 Å². The Morgan fingerprint density at radius 1 is 1.50 bits per heavy atom. The molecule has 0 bridgehead atoms. The van der Waals surface area contributed by atoms with Crippen molar-refractivity contribution in [2.45, 2.75) is 25.6 Å². The first kappa shape index (κ1) is 14.1. The molecule has 0 fully saturated rings. The minimum atomic E-state index is -0.589. The molecular weight excluding hydrogens is 258 g/mol. The van der Waals surface area contributed by atoms with Crippen LogP contribution in [0.3, 0.4) is 0 Å². The summed E-state index contributed by atoms with van der Waals surface area (Å²) in [5.41, 5.74) is 1.79. The highest BCUT2D eigenvalue weighted by Crippen LogP contribution is 2.15. The van der Waals surface area contributed by atoms with E-state index in [1.807, 2.05) is 24.3 Å². The number of hydrogen-bond donors (Lipinski definition) is 3. The lowest BCUT2D eigenvalue weighted by molar-refractivity contribution is -0.429. The van der Waals surface area contributed by atoms with Gasteiger partial charge in [0, 0.05) is 24.0 Å². The van der Waals surface area contributed by atoms with Crippen molar-refractivity contribution in [3.05, 3.63) is 64.0 Å². The van der Waals surface area contributed by atoms with E-state index in [0.717, 1.165) is 11.3 Å². The summed E-state index contributed by atoms with van der Waals surface area (Å²) in [5, 5.41) is 26.1. The number of allylic oxidation sites excluding steroid dienone is 2. The first-order valence-corrected chi connectivity index (χ1v) is 6.28. The topological polar surface area (TPSA) is 87.4 Å². The maximum absolute atomic E-state index is 10.9. The van der Waals surface area contributed by atoms with Crippen LogP contribution in [-0.4, -0.2) is 22.3 Å². The Hall–Kier alpha value is -2.34. The number of dihydropyridines is 1. The van der Waals surface area contributed by atoms with Gasteiger partial charge in [0.1, 0.15) is 0 Å². The fourth-order valence-corrected chi connectivity index (χ4v) is 1.95. The molecule has 3 N–H and O–H groups in total. The second-order valence-corrected chi connectivity index (χ2v) is 4.63. The standard InChI is InChI=1S/C14H16N3O3/c1-10(18)9-11-4-6-12(7-5-11)16-14-13(17(19)20)3-2-8-15-14/h3-8,10,14-16,18H,9H2,1H3. The van der Waals surface area contributed by atoms with Gasteiger partial charge in [0.2, 0.25) is 0 Å². The highest BCUT2D eigenvalue weighted by atomic mass is 16.6. The van der Waals surface area contributed by atoms with Gasteiger partial charge < -0.3 is 15.7 Å². The van der Waals surface area contributed by atoms with Gasteiger partial charge in [-0.25, -0.2) is 0 Å². The zero-order chi connectivity index (χ0) is 14.5. The zero-order valence-electron chi connectivity index (χ0n) is 11.0. The molecule has 6 nitrogen and oxygen atoms in total. The van der Waals surface area contributed by atoms with Crippen LogP contribution in [0, 0.1) is 16.2 Å². The lowest BCUT2D eigenvalue weighted by atomic mass is 10.1. The number of nitrogens with one attached hydrogen (secondary N) is 2. The smallest absolute Gasteiger partial charge is 0.289 e. The molecule has 1 radical (unpaired) electrons. The SMILES string of the molecule is CC(O)Cc1ccc(NC2NC=[C]C=C2[N+](=O)[O-])cc1. The molecule has 1 aromatic carbocycles. The van der Waals surface area contributed by atoms with Crippen LogP contribution in [-0.2, 0) is 6.42 Å². The van der Waals surface area contributed by atoms with Gasteiger partial charge in [-0.3, -0.25) is 10.1 Å². The number of nitrogens with zero attached hydrogens (tertiary/aromatic N) is 1. The normalized spacial score (nSPS) is 18.9. The van der Waals surface area contributed by atoms with Crippen molar-refractivity contribution in [1.29, 1.82) is 0 Å². The van der Waals surface area contributed by atoms with Crippen LogP contribution in [0.5, 0.6) is 0 Å². The molecule has 105 valence electrons. The van der Waals surface area contributed by atoms with Crippen molar-refractivity contribution in [3.63, 3.8) is 0 Å². The summed E-state index contributed by atoms with van der Waals surface area (Å²) in [5.74, 6) is 0. The molecule has 1 aliphatic heterocycles. The van der Waals surface area contributed by atoms with Gasteiger partial charge in [0.15, 0.2) is 6.17 Å². The Kier molecular flexibility index (Phi) is 4.37. The molecule has 1 aromatic rings. The Labute approximate surface area is 117 Å². The van der Waals surface area contributed by atoms with Gasteiger partial charge in [0.25, 0.3) is 5.70 Å². The van der Waals surface area contributed by atoms with Gasteiger partial charge in [-0.1, -0.05) is 12.1 Å². The molecule has 0 aromatic heterocycles. The number of rotatable bonds is 5. The third-order valence-electron chi connectivity index (χ3n) is 2.87. The third-order valence-corrected chi connectivity index (χ3v) is 2.87. The summed E-state index contributed by atoms with van der Waals surface area (Å²) < 4.78 is 0. The van der Waals surface area contributed by atoms with Gasteiger partial charge in [-0.15, -0.1) is 0 Å². The second-order valence-electron chi connectivity index (χ2n) is 4.63. The van der Waals surface area contributed by atoms with Gasteiger partial charge in [-0.2, -0.15) is 0 Å². The first-order valence-electron chi connectivity index (χ1n) is 6.28. The molecule has 0 amide bonds. The molecule has 0 saturated heterocycles. The molecule has 20 heavy (non-hydrogen) atoms.